The van der Waals surface area contributed by atoms with E-state index in [1.165, 1.54) is 11.5 Å². The maximum absolute atomic E-state index is 11.3. The maximum atomic E-state index is 11.3. The Morgan fingerprint density at radius 1 is 1.44 bits per heavy atom. The molecule has 1 atom stereocenters. The number of likely N-dealkylation sites (N-methyl/N-ethyl adjacent to an activating group) is 1. The minimum atomic E-state index is -0.300. The number of aromatic nitrogens is 2. The first-order valence-electron chi connectivity index (χ1n) is 5.17. The van der Waals surface area contributed by atoms with Crippen LogP contribution >= 0.6 is 11.5 Å². The number of rotatable bonds is 3. The largest absolute Gasteiger partial charge is 0.357 e. The molecule has 1 aromatic heterocycles. The summed E-state index contributed by atoms with van der Waals surface area (Å²) in [6.45, 7) is 7.96. The standard InChI is InChI=1S/C10H18N4OS/c1-6(7(15)11-5)12-9-13-8(14-16-9)10(2,3)4/h6H,1-5H3,(H,11,15)(H,12,13,14)/t6-/m1/s1. The molecule has 0 unspecified atom stereocenters. The van der Waals surface area contributed by atoms with Crippen LogP contribution in [-0.2, 0) is 10.2 Å². The van der Waals surface area contributed by atoms with E-state index in [1.54, 1.807) is 14.0 Å². The summed E-state index contributed by atoms with van der Waals surface area (Å²) in [7, 11) is 1.61. The first-order chi connectivity index (χ1) is 7.34. The van der Waals surface area contributed by atoms with Crippen molar-refractivity contribution in [2.45, 2.75) is 39.2 Å². The van der Waals surface area contributed by atoms with Crippen molar-refractivity contribution in [3.8, 4) is 0 Å². The van der Waals surface area contributed by atoms with Crippen molar-refractivity contribution in [1.82, 2.24) is 14.7 Å². The van der Waals surface area contributed by atoms with Gasteiger partial charge in [-0.3, -0.25) is 4.79 Å². The van der Waals surface area contributed by atoms with Crippen molar-refractivity contribution in [3.05, 3.63) is 5.82 Å². The van der Waals surface area contributed by atoms with Gasteiger partial charge in [0.25, 0.3) is 0 Å². The van der Waals surface area contributed by atoms with Crippen molar-refractivity contribution >= 4 is 22.6 Å². The molecule has 0 saturated carbocycles. The highest BCUT2D eigenvalue weighted by Gasteiger charge is 2.20. The van der Waals surface area contributed by atoms with Crippen LogP contribution in [0.5, 0.6) is 0 Å². The molecule has 16 heavy (non-hydrogen) atoms. The maximum Gasteiger partial charge on any atom is 0.242 e. The molecule has 90 valence electrons. The van der Waals surface area contributed by atoms with E-state index < -0.39 is 0 Å². The number of hydrogen-bond donors (Lipinski definition) is 2. The van der Waals surface area contributed by atoms with Gasteiger partial charge in [0.05, 0.1) is 0 Å². The van der Waals surface area contributed by atoms with Gasteiger partial charge < -0.3 is 10.6 Å². The van der Waals surface area contributed by atoms with Crippen LogP contribution in [0.4, 0.5) is 5.13 Å². The van der Waals surface area contributed by atoms with Crippen molar-refractivity contribution in [3.63, 3.8) is 0 Å². The third kappa shape index (κ3) is 3.16. The topological polar surface area (TPSA) is 66.9 Å². The molecule has 0 aliphatic rings. The Kier molecular flexibility index (Phi) is 3.85. The number of nitrogens with zero attached hydrogens (tertiary/aromatic N) is 2. The number of hydrogen-bond acceptors (Lipinski definition) is 5. The van der Waals surface area contributed by atoms with Crippen molar-refractivity contribution in [2.75, 3.05) is 12.4 Å². The summed E-state index contributed by atoms with van der Waals surface area (Å²) in [5, 5.41) is 6.28. The Hall–Kier alpha value is -1.17. The molecular formula is C10H18N4OS. The van der Waals surface area contributed by atoms with Gasteiger partial charge >= 0.3 is 0 Å². The number of carbonyl (C=O) groups is 1. The minimum Gasteiger partial charge on any atom is -0.357 e. The fourth-order valence-corrected chi connectivity index (χ4v) is 1.90. The molecule has 0 radical (unpaired) electrons. The summed E-state index contributed by atoms with van der Waals surface area (Å²) in [5.41, 5.74) is -0.0628. The molecular weight excluding hydrogens is 224 g/mol. The molecule has 0 bridgehead atoms. The predicted molar refractivity (Wildman–Crippen MR) is 65.8 cm³/mol. The molecule has 0 aliphatic carbocycles. The van der Waals surface area contributed by atoms with Crippen LogP contribution in [0.25, 0.3) is 0 Å². The lowest BCUT2D eigenvalue weighted by Gasteiger charge is -2.13. The van der Waals surface area contributed by atoms with E-state index in [0.29, 0.717) is 5.13 Å². The predicted octanol–water partition coefficient (Wildman–Crippen LogP) is 1.38. The molecule has 1 aromatic rings. The van der Waals surface area contributed by atoms with Gasteiger partial charge in [0, 0.05) is 24.0 Å². The Labute approximate surface area is 99.8 Å². The van der Waals surface area contributed by atoms with Gasteiger partial charge in [-0.2, -0.15) is 4.37 Å². The molecule has 0 aromatic carbocycles. The molecule has 0 spiro atoms. The van der Waals surface area contributed by atoms with Crippen LogP contribution in [0.3, 0.4) is 0 Å². The van der Waals surface area contributed by atoms with Gasteiger partial charge in [0.1, 0.15) is 11.9 Å². The lowest BCUT2D eigenvalue weighted by molar-refractivity contribution is -0.121. The fourth-order valence-electron chi connectivity index (χ4n) is 1.05. The highest BCUT2D eigenvalue weighted by Crippen LogP contribution is 2.23. The minimum absolute atomic E-state index is 0.0625. The normalized spacial score (nSPS) is 13.3. The molecule has 0 fully saturated rings. The highest BCUT2D eigenvalue weighted by atomic mass is 32.1. The Bertz CT molecular complexity index is 369. The second-order valence-electron chi connectivity index (χ2n) is 4.65. The number of amides is 1. The van der Waals surface area contributed by atoms with E-state index in [-0.39, 0.29) is 17.4 Å². The zero-order chi connectivity index (χ0) is 12.3. The average Bonchev–Trinajstić information content (AvgIpc) is 2.64. The Morgan fingerprint density at radius 2 is 2.06 bits per heavy atom. The molecule has 6 heteroatoms. The number of nitrogens with one attached hydrogen (secondary N) is 2. The van der Waals surface area contributed by atoms with E-state index >= 15 is 0 Å². The Balaban J connectivity index is 2.69. The summed E-state index contributed by atoms with van der Waals surface area (Å²) in [5.74, 6) is 0.733. The second kappa shape index (κ2) is 4.78. The summed E-state index contributed by atoms with van der Waals surface area (Å²) < 4.78 is 4.26. The molecule has 1 heterocycles. The van der Waals surface area contributed by atoms with Gasteiger partial charge in [-0.15, -0.1) is 0 Å². The SMILES string of the molecule is CNC(=O)[C@@H](C)Nc1nc(C(C)(C)C)ns1. The summed E-state index contributed by atoms with van der Waals surface area (Å²) >= 11 is 1.28. The fraction of sp³-hybridized carbons (Fsp3) is 0.700. The number of carbonyl (C=O) groups excluding carboxylic acids is 1. The van der Waals surface area contributed by atoms with Gasteiger partial charge in [-0.05, 0) is 6.92 Å². The van der Waals surface area contributed by atoms with E-state index in [1.807, 2.05) is 0 Å². The Morgan fingerprint density at radius 3 is 2.50 bits per heavy atom. The van der Waals surface area contributed by atoms with Gasteiger partial charge in [0.15, 0.2) is 0 Å². The average molecular weight is 242 g/mol. The van der Waals surface area contributed by atoms with Crippen LogP contribution < -0.4 is 10.6 Å². The molecule has 5 nitrogen and oxygen atoms in total. The van der Waals surface area contributed by atoms with Gasteiger partial charge in [0.2, 0.25) is 11.0 Å². The van der Waals surface area contributed by atoms with E-state index in [2.05, 4.69) is 40.8 Å². The summed E-state index contributed by atoms with van der Waals surface area (Å²) in [4.78, 5) is 15.7. The van der Waals surface area contributed by atoms with E-state index in [4.69, 9.17) is 0 Å². The van der Waals surface area contributed by atoms with Crippen LogP contribution in [0.2, 0.25) is 0 Å². The molecule has 1 amide bonds. The van der Waals surface area contributed by atoms with Gasteiger partial charge in [-0.1, -0.05) is 20.8 Å². The second-order valence-corrected chi connectivity index (χ2v) is 5.41. The van der Waals surface area contributed by atoms with Crippen LogP contribution in [0.1, 0.15) is 33.5 Å². The molecule has 0 saturated heterocycles. The molecule has 0 aliphatic heterocycles. The van der Waals surface area contributed by atoms with Crippen LogP contribution in [0.15, 0.2) is 0 Å². The highest BCUT2D eigenvalue weighted by molar-refractivity contribution is 7.09. The summed E-state index contributed by atoms with van der Waals surface area (Å²) in [6.07, 6.45) is 0. The van der Waals surface area contributed by atoms with E-state index in [9.17, 15) is 4.79 Å². The smallest absolute Gasteiger partial charge is 0.242 e. The van der Waals surface area contributed by atoms with Crippen LogP contribution in [0, 0.1) is 0 Å². The monoisotopic (exact) mass is 242 g/mol. The van der Waals surface area contributed by atoms with Gasteiger partial charge in [-0.25, -0.2) is 4.98 Å². The first kappa shape index (κ1) is 12.9. The third-order valence-corrected chi connectivity index (χ3v) is 2.72. The lowest BCUT2D eigenvalue weighted by atomic mass is 9.96. The summed E-state index contributed by atoms with van der Waals surface area (Å²) in [6, 6.07) is -0.300. The quantitative estimate of drug-likeness (QED) is 0.840. The molecule has 1 rings (SSSR count). The van der Waals surface area contributed by atoms with E-state index in [0.717, 1.165) is 5.82 Å². The lowest BCUT2D eigenvalue weighted by Crippen LogP contribution is -2.35. The van der Waals surface area contributed by atoms with Crippen molar-refractivity contribution < 1.29 is 4.79 Å². The van der Waals surface area contributed by atoms with Crippen molar-refractivity contribution in [2.24, 2.45) is 0 Å². The van der Waals surface area contributed by atoms with Crippen molar-refractivity contribution in [1.29, 1.82) is 0 Å². The zero-order valence-corrected chi connectivity index (χ0v) is 11.1. The zero-order valence-electron chi connectivity index (χ0n) is 10.3. The third-order valence-electron chi connectivity index (χ3n) is 2.08. The molecule has 2 N–H and O–H groups in total. The first-order valence-corrected chi connectivity index (χ1v) is 5.94. The van der Waals surface area contributed by atoms with Crippen LogP contribution in [-0.4, -0.2) is 28.4 Å². The number of anilines is 1.